The Labute approximate surface area is 233 Å². The van der Waals surface area contributed by atoms with Gasteiger partial charge in [-0.2, -0.15) is 5.10 Å². The Morgan fingerprint density at radius 2 is 2.05 bits per heavy atom. The van der Waals surface area contributed by atoms with Crippen molar-refractivity contribution in [1.82, 2.24) is 30.6 Å². The molecule has 40 heavy (non-hydrogen) atoms. The first kappa shape index (κ1) is 26.1. The topological polar surface area (TPSA) is 142 Å². The van der Waals surface area contributed by atoms with Gasteiger partial charge in [0.05, 0.1) is 54.0 Å². The molecular formula is C27H28N8O4S. The third-order valence-electron chi connectivity index (χ3n) is 6.80. The van der Waals surface area contributed by atoms with Crippen LogP contribution in [-0.4, -0.2) is 82.8 Å². The fourth-order valence-corrected chi connectivity index (χ4v) is 5.96. The molecule has 1 fully saturated rings. The number of H-pyrrole nitrogens is 1. The van der Waals surface area contributed by atoms with E-state index in [1.54, 1.807) is 23.9 Å². The fraction of sp³-hybridized carbons (Fsp3) is 0.296. The molecule has 1 aliphatic rings. The summed E-state index contributed by atoms with van der Waals surface area (Å²) in [6, 6.07) is 10.4. The number of nitrogens with one attached hydrogen (secondary N) is 2. The number of hydroxylamine groups is 1. The molecule has 6 rings (SSSR count). The van der Waals surface area contributed by atoms with Crippen LogP contribution >= 0.6 is 11.3 Å². The van der Waals surface area contributed by atoms with Crippen molar-refractivity contribution in [2.45, 2.75) is 6.54 Å². The Balaban J connectivity index is 1.39. The Bertz CT molecular complexity index is 1630. The monoisotopic (exact) mass is 560 g/mol. The zero-order valence-electron chi connectivity index (χ0n) is 21.8. The zero-order valence-corrected chi connectivity index (χ0v) is 22.6. The van der Waals surface area contributed by atoms with E-state index in [1.807, 2.05) is 23.2 Å². The van der Waals surface area contributed by atoms with Crippen LogP contribution in [0.2, 0.25) is 0 Å². The third kappa shape index (κ3) is 5.19. The molecule has 1 aromatic carbocycles. The number of nitrogens with zero attached hydrogens (tertiary/aromatic N) is 6. The Kier molecular flexibility index (Phi) is 7.51. The first-order valence-corrected chi connectivity index (χ1v) is 13.6. The molecule has 0 spiro atoms. The maximum Gasteiger partial charge on any atom is 0.277 e. The molecule has 1 aliphatic heterocycles. The van der Waals surface area contributed by atoms with Gasteiger partial charge in [-0.25, -0.2) is 20.4 Å². The van der Waals surface area contributed by atoms with E-state index < -0.39 is 5.91 Å². The number of hydrogen-bond acceptors (Lipinski definition) is 11. The summed E-state index contributed by atoms with van der Waals surface area (Å²) in [4.78, 5) is 31.0. The summed E-state index contributed by atoms with van der Waals surface area (Å²) in [7, 11) is 1.65. The van der Waals surface area contributed by atoms with Crippen LogP contribution in [0, 0.1) is 0 Å². The van der Waals surface area contributed by atoms with Crippen LogP contribution in [0.25, 0.3) is 32.2 Å². The van der Waals surface area contributed by atoms with Crippen LogP contribution in [-0.2, 0) is 16.0 Å². The van der Waals surface area contributed by atoms with E-state index in [0.717, 1.165) is 56.0 Å². The highest BCUT2D eigenvalue weighted by Gasteiger charge is 2.21. The number of benzene rings is 1. The van der Waals surface area contributed by atoms with Crippen molar-refractivity contribution in [1.29, 1.82) is 0 Å². The van der Waals surface area contributed by atoms with E-state index in [2.05, 4.69) is 43.3 Å². The van der Waals surface area contributed by atoms with Crippen LogP contribution in [0.4, 0.5) is 11.8 Å². The van der Waals surface area contributed by atoms with Gasteiger partial charge in [-0.1, -0.05) is 12.1 Å². The molecule has 12 nitrogen and oxygen atoms in total. The van der Waals surface area contributed by atoms with Gasteiger partial charge in [-0.15, -0.1) is 11.3 Å². The molecular weight excluding hydrogens is 532 g/mol. The van der Waals surface area contributed by atoms with Crippen molar-refractivity contribution in [2.75, 3.05) is 56.4 Å². The molecule has 5 aromatic rings. The van der Waals surface area contributed by atoms with Crippen molar-refractivity contribution in [3.8, 4) is 11.3 Å². The van der Waals surface area contributed by atoms with Crippen molar-refractivity contribution in [3.05, 3.63) is 59.4 Å². The summed E-state index contributed by atoms with van der Waals surface area (Å²) in [6.45, 7) is 4.45. The summed E-state index contributed by atoms with van der Waals surface area (Å²) < 4.78 is 12.1. The molecule has 206 valence electrons. The van der Waals surface area contributed by atoms with Crippen molar-refractivity contribution in [2.24, 2.45) is 0 Å². The van der Waals surface area contributed by atoms with Gasteiger partial charge in [0, 0.05) is 55.0 Å². The minimum Gasteiger partial charge on any atom is -0.383 e. The minimum absolute atomic E-state index is 0.168. The van der Waals surface area contributed by atoms with Gasteiger partial charge in [0.15, 0.2) is 0 Å². The molecule has 5 heterocycles. The van der Waals surface area contributed by atoms with Crippen LogP contribution in [0.3, 0.4) is 0 Å². The number of aromatic amines is 1. The van der Waals surface area contributed by atoms with E-state index in [1.165, 1.54) is 12.4 Å². The Hall–Kier alpha value is -4.17. The van der Waals surface area contributed by atoms with Gasteiger partial charge in [0.25, 0.3) is 5.91 Å². The van der Waals surface area contributed by atoms with Gasteiger partial charge in [0.2, 0.25) is 5.95 Å². The number of aromatic nitrogens is 5. The maximum absolute atomic E-state index is 11.7. The van der Waals surface area contributed by atoms with Gasteiger partial charge in [-0.3, -0.25) is 15.1 Å². The molecule has 4 aromatic heterocycles. The molecule has 1 amide bonds. The van der Waals surface area contributed by atoms with E-state index >= 15 is 0 Å². The number of morpholine rings is 1. The van der Waals surface area contributed by atoms with E-state index in [-0.39, 0.29) is 5.56 Å². The number of rotatable bonds is 9. The maximum atomic E-state index is 11.7. The largest absolute Gasteiger partial charge is 0.383 e. The quantitative estimate of drug-likeness (QED) is 0.182. The lowest BCUT2D eigenvalue weighted by Gasteiger charge is -2.28. The van der Waals surface area contributed by atoms with E-state index in [0.29, 0.717) is 38.9 Å². The van der Waals surface area contributed by atoms with Crippen molar-refractivity contribution < 1.29 is 19.5 Å². The number of carbonyl (C=O) groups is 1. The highest BCUT2D eigenvalue weighted by atomic mass is 32.1. The van der Waals surface area contributed by atoms with Crippen molar-refractivity contribution in [3.63, 3.8) is 0 Å². The van der Waals surface area contributed by atoms with Gasteiger partial charge < -0.3 is 19.3 Å². The summed E-state index contributed by atoms with van der Waals surface area (Å²) in [6.07, 6.45) is 4.62. The second kappa shape index (κ2) is 11.5. The lowest BCUT2D eigenvalue weighted by molar-refractivity contribution is 0.0705. The molecule has 13 heteroatoms. The van der Waals surface area contributed by atoms with Crippen LogP contribution in [0.1, 0.15) is 15.2 Å². The number of hydrogen-bond donors (Lipinski definition) is 3. The first-order valence-electron chi connectivity index (χ1n) is 12.8. The van der Waals surface area contributed by atoms with Crippen LogP contribution in [0.5, 0.6) is 0 Å². The van der Waals surface area contributed by atoms with E-state index in [9.17, 15) is 4.79 Å². The smallest absolute Gasteiger partial charge is 0.277 e. The summed E-state index contributed by atoms with van der Waals surface area (Å²) in [5, 5.41) is 18.3. The lowest BCUT2D eigenvalue weighted by Crippen LogP contribution is -2.36. The number of methoxy groups -OCH3 is 1. The molecule has 1 saturated heterocycles. The highest BCUT2D eigenvalue weighted by Crippen LogP contribution is 2.38. The van der Waals surface area contributed by atoms with E-state index in [4.69, 9.17) is 19.7 Å². The number of anilines is 2. The third-order valence-corrected chi connectivity index (χ3v) is 7.93. The van der Waals surface area contributed by atoms with Crippen LogP contribution < -0.4 is 15.3 Å². The predicted octanol–water partition coefficient (Wildman–Crippen LogP) is 3.24. The van der Waals surface area contributed by atoms with Crippen molar-refractivity contribution >= 4 is 50.0 Å². The molecule has 3 N–H and O–H groups in total. The molecule has 0 saturated carbocycles. The fourth-order valence-electron chi connectivity index (χ4n) is 4.79. The second-order valence-corrected chi connectivity index (χ2v) is 10.5. The molecule has 0 radical (unpaired) electrons. The number of carbonyl (C=O) groups excluding carboxylic acids is 1. The number of pyridine rings is 1. The normalized spacial score (nSPS) is 13.7. The Morgan fingerprint density at radius 3 is 2.83 bits per heavy atom. The second-order valence-electron chi connectivity index (χ2n) is 9.33. The average Bonchev–Trinajstić information content (AvgIpc) is 3.65. The number of fused-ring (bicyclic) bond motifs is 2. The standard InChI is InChI=1S/C27H28N8O4S/c1-38-8-5-35(27-28-13-18(14-29-27)26(36)33-37)16-19-11-17-12-23(20-3-2-4-22-21(20)15-30-32-22)31-25(24(17)40-19)34-6-9-39-10-7-34/h2-4,11-15,37H,5-10,16H2,1H3,(H,30,32)(H,33,36). The minimum atomic E-state index is -0.662. The summed E-state index contributed by atoms with van der Waals surface area (Å²) >= 11 is 1.70. The number of ether oxygens (including phenoxy) is 2. The highest BCUT2D eigenvalue weighted by molar-refractivity contribution is 7.19. The Morgan fingerprint density at radius 1 is 1.23 bits per heavy atom. The van der Waals surface area contributed by atoms with Crippen LogP contribution in [0.15, 0.2) is 48.9 Å². The summed E-state index contributed by atoms with van der Waals surface area (Å²) in [5.74, 6) is 0.749. The molecule has 0 bridgehead atoms. The van der Waals surface area contributed by atoms with Gasteiger partial charge >= 0.3 is 0 Å². The number of thiophene rings is 1. The summed E-state index contributed by atoms with van der Waals surface area (Å²) in [5.41, 5.74) is 4.65. The van der Waals surface area contributed by atoms with Gasteiger partial charge in [-0.05, 0) is 23.6 Å². The average molecular weight is 561 g/mol. The first-order chi connectivity index (χ1) is 19.6. The molecule has 0 atom stereocenters. The lowest BCUT2D eigenvalue weighted by atomic mass is 10.1. The molecule has 0 unspecified atom stereocenters. The number of amides is 1. The SMILES string of the molecule is COCCN(Cc1cc2cc(-c3cccc4[nH]ncc34)nc(N3CCOCC3)c2s1)c1ncc(C(=O)NO)cn1. The van der Waals surface area contributed by atoms with Gasteiger partial charge in [0.1, 0.15) is 5.82 Å². The predicted molar refractivity (Wildman–Crippen MR) is 152 cm³/mol. The molecule has 0 aliphatic carbocycles. The zero-order chi connectivity index (χ0) is 27.5.